The average Bonchev–Trinajstić information content (AvgIpc) is 3.30. The van der Waals surface area contributed by atoms with E-state index in [9.17, 15) is 0 Å². The number of fused-ring (bicyclic) bond motifs is 2. The predicted octanol–water partition coefficient (Wildman–Crippen LogP) is 9.81. The van der Waals surface area contributed by atoms with Gasteiger partial charge in [0.2, 0.25) is 0 Å². The first-order valence-corrected chi connectivity index (χ1v) is 14.0. The number of allylic oxidation sites excluding steroid dienone is 3. The summed E-state index contributed by atoms with van der Waals surface area (Å²) in [5, 5.41) is 0. The van der Waals surface area contributed by atoms with E-state index in [1.807, 2.05) is 0 Å². The van der Waals surface area contributed by atoms with Crippen LogP contribution in [0.15, 0.2) is 67.3 Å². The van der Waals surface area contributed by atoms with E-state index in [1.54, 1.807) is 16.7 Å². The van der Waals surface area contributed by atoms with Crippen molar-refractivity contribution in [3.05, 3.63) is 101 Å². The lowest BCUT2D eigenvalue weighted by molar-refractivity contribution is 0.408. The van der Waals surface area contributed by atoms with E-state index in [0.717, 1.165) is 19.3 Å². The second kappa shape index (κ2) is 11.2. The summed E-state index contributed by atoms with van der Waals surface area (Å²) in [7, 11) is 0. The fourth-order valence-corrected chi connectivity index (χ4v) is 6.54. The molecule has 0 nitrogen and oxygen atoms in total. The summed E-state index contributed by atoms with van der Waals surface area (Å²) >= 11 is 0. The molecule has 0 radical (unpaired) electrons. The fraction of sp³-hybridized carbons (Fsp3) is 0.486. The molecule has 0 heterocycles. The lowest BCUT2D eigenvalue weighted by atomic mass is 9.68. The van der Waals surface area contributed by atoms with Gasteiger partial charge in [0.1, 0.15) is 0 Å². The van der Waals surface area contributed by atoms with Crippen molar-refractivity contribution in [3.63, 3.8) is 0 Å². The van der Waals surface area contributed by atoms with Crippen LogP contribution in [0.4, 0.5) is 0 Å². The van der Waals surface area contributed by atoms with Gasteiger partial charge >= 0.3 is 0 Å². The molecule has 0 amide bonds. The molecular weight excluding hydrogens is 420 g/mol. The zero-order valence-corrected chi connectivity index (χ0v) is 22.8. The van der Waals surface area contributed by atoms with Crippen LogP contribution in [-0.2, 0) is 19.3 Å². The van der Waals surface area contributed by atoms with Gasteiger partial charge in [0, 0.05) is 5.92 Å². The highest BCUT2D eigenvalue weighted by atomic mass is 14.4. The summed E-state index contributed by atoms with van der Waals surface area (Å²) in [5.41, 5.74) is 13.0. The van der Waals surface area contributed by atoms with Crippen molar-refractivity contribution in [2.75, 3.05) is 0 Å². The number of hydrogen-bond donors (Lipinski definition) is 0. The third kappa shape index (κ3) is 5.74. The molecule has 0 aromatic heterocycles. The number of rotatable bonds is 10. The van der Waals surface area contributed by atoms with Crippen molar-refractivity contribution in [1.29, 1.82) is 0 Å². The normalized spacial score (nSPS) is 20.0. The third-order valence-corrected chi connectivity index (χ3v) is 8.87. The Hall–Kier alpha value is -2.34. The van der Waals surface area contributed by atoms with Crippen molar-refractivity contribution >= 4 is 5.57 Å². The summed E-state index contributed by atoms with van der Waals surface area (Å²) < 4.78 is 0. The molecule has 3 atom stereocenters. The molecule has 0 bridgehead atoms. The fourth-order valence-electron chi connectivity index (χ4n) is 6.54. The maximum absolute atomic E-state index is 4.68. The topological polar surface area (TPSA) is 0 Å². The van der Waals surface area contributed by atoms with Gasteiger partial charge in [0.15, 0.2) is 0 Å². The molecule has 4 rings (SSSR count). The van der Waals surface area contributed by atoms with Crippen molar-refractivity contribution in [2.24, 2.45) is 17.8 Å². The van der Waals surface area contributed by atoms with Crippen molar-refractivity contribution in [3.8, 4) is 0 Å². The number of benzene rings is 2. The van der Waals surface area contributed by atoms with Gasteiger partial charge in [-0.25, -0.2) is 0 Å². The molecule has 0 fully saturated rings. The van der Waals surface area contributed by atoms with E-state index in [2.05, 4.69) is 83.8 Å². The van der Waals surface area contributed by atoms with Gasteiger partial charge in [-0.2, -0.15) is 0 Å². The van der Waals surface area contributed by atoms with Crippen molar-refractivity contribution < 1.29 is 0 Å². The summed E-state index contributed by atoms with van der Waals surface area (Å²) in [6, 6.07) is 14.0. The first kappa shape index (κ1) is 25.7. The highest BCUT2D eigenvalue weighted by Gasteiger charge is 2.33. The second-order valence-corrected chi connectivity index (χ2v) is 11.7. The van der Waals surface area contributed by atoms with Gasteiger partial charge in [-0.1, -0.05) is 93.6 Å². The van der Waals surface area contributed by atoms with Crippen LogP contribution >= 0.6 is 0 Å². The summed E-state index contributed by atoms with van der Waals surface area (Å²) in [6.07, 6.45) is 10.6. The maximum Gasteiger partial charge on any atom is 0.00516 e. The van der Waals surface area contributed by atoms with E-state index in [4.69, 9.17) is 0 Å². The molecule has 2 aliphatic rings. The Balaban J connectivity index is 1.43. The molecule has 0 aliphatic heterocycles. The van der Waals surface area contributed by atoms with E-state index in [1.165, 1.54) is 71.9 Å². The van der Waals surface area contributed by atoms with Crippen LogP contribution in [0.1, 0.15) is 98.6 Å². The Morgan fingerprint density at radius 1 is 1.03 bits per heavy atom. The molecule has 0 spiro atoms. The molecule has 2 aromatic carbocycles. The SMILES string of the molecule is C=C(CC(C(=C)CCCc1ccc(C)cc1)C(C)C)C1CC(CC)c2cc3c(cc2C1=C)CCC3. The quantitative estimate of drug-likeness (QED) is 0.306. The van der Waals surface area contributed by atoms with Gasteiger partial charge < -0.3 is 0 Å². The largest absolute Gasteiger partial charge is 0.0996 e. The first-order chi connectivity index (χ1) is 16.8. The summed E-state index contributed by atoms with van der Waals surface area (Å²) in [5.74, 6) is 2.09. The highest BCUT2D eigenvalue weighted by Crippen LogP contribution is 2.48. The molecule has 2 aromatic rings. The van der Waals surface area contributed by atoms with Crippen LogP contribution in [0.25, 0.3) is 5.57 Å². The molecule has 2 aliphatic carbocycles. The van der Waals surface area contributed by atoms with Gasteiger partial charge in [-0.3, -0.25) is 0 Å². The van der Waals surface area contributed by atoms with E-state index in [0.29, 0.717) is 23.7 Å². The van der Waals surface area contributed by atoms with Crippen LogP contribution in [0.2, 0.25) is 0 Å². The Morgan fingerprint density at radius 2 is 1.71 bits per heavy atom. The van der Waals surface area contributed by atoms with Crippen LogP contribution < -0.4 is 0 Å². The van der Waals surface area contributed by atoms with Crippen LogP contribution in [0, 0.1) is 24.7 Å². The first-order valence-electron chi connectivity index (χ1n) is 14.0. The third-order valence-electron chi connectivity index (χ3n) is 8.87. The second-order valence-electron chi connectivity index (χ2n) is 11.7. The summed E-state index contributed by atoms with van der Waals surface area (Å²) in [4.78, 5) is 0. The van der Waals surface area contributed by atoms with E-state index < -0.39 is 0 Å². The molecule has 0 heteroatoms. The lowest BCUT2D eigenvalue weighted by Crippen LogP contribution is -2.22. The molecule has 35 heavy (non-hydrogen) atoms. The number of hydrogen-bond acceptors (Lipinski definition) is 0. The van der Waals surface area contributed by atoms with E-state index in [-0.39, 0.29) is 0 Å². The zero-order chi connectivity index (χ0) is 25.1. The molecule has 186 valence electrons. The Labute approximate surface area is 215 Å². The van der Waals surface area contributed by atoms with Gasteiger partial charge in [0.05, 0.1) is 0 Å². The number of aryl methyl sites for hydroxylation is 4. The zero-order valence-electron chi connectivity index (χ0n) is 22.8. The van der Waals surface area contributed by atoms with Gasteiger partial charge in [-0.05, 0) is 116 Å². The predicted molar refractivity (Wildman–Crippen MR) is 154 cm³/mol. The Kier molecular flexibility index (Phi) is 8.20. The maximum atomic E-state index is 4.68. The molecule has 3 unspecified atom stereocenters. The molecular formula is C35H46. The summed E-state index contributed by atoms with van der Waals surface area (Å²) in [6.45, 7) is 23.1. The minimum Gasteiger partial charge on any atom is -0.0996 e. The standard InChI is InChI=1S/C35H46/c1-8-29-20-33(27(7)34-21-30-13-10-14-31(30)22-35(29)34)26(6)19-32(23(2)3)25(5)11-9-12-28-17-15-24(4)16-18-28/h15-18,21-23,29,32-33H,5-14,19-20H2,1-4H3. The van der Waals surface area contributed by atoms with Crippen molar-refractivity contribution in [1.82, 2.24) is 0 Å². The monoisotopic (exact) mass is 466 g/mol. The smallest absolute Gasteiger partial charge is 0.00516 e. The Bertz CT molecular complexity index is 1080. The van der Waals surface area contributed by atoms with Crippen LogP contribution in [0.5, 0.6) is 0 Å². The minimum atomic E-state index is 0.397. The van der Waals surface area contributed by atoms with Crippen LogP contribution in [-0.4, -0.2) is 0 Å². The molecule has 0 saturated carbocycles. The van der Waals surface area contributed by atoms with Crippen LogP contribution in [0.3, 0.4) is 0 Å². The molecule has 0 N–H and O–H groups in total. The minimum absolute atomic E-state index is 0.397. The average molecular weight is 467 g/mol. The van der Waals surface area contributed by atoms with E-state index >= 15 is 0 Å². The van der Waals surface area contributed by atoms with Gasteiger partial charge in [-0.15, -0.1) is 0 Å². The highest BCUT2D eigenvalue weighted by molar-refractivity contribution is 5.74. The lowest BCUT2D eigenvalue weighted by Gasteiger charge is -2.36. The molecule has 0 saturated heterocycles. The Morgan fingerprint density at radius 3 is 2.37 bits per heavy atom. The van der Waals surface area contributed by atoms with Gasteiger partial charge in [0.25, 0.3) is 0 Å². The van der Waals surface area contributed by atoms with Crippen molar-refractivity contribution in [2.45, 2.75) is 91.4 Å².